The van der Waals surface area contributed by atoms with Gasteiger partial charge in [0.05, 0.1) is 19.6 Å². The second kappa shape index (κ2) is 2.27. The maximum absolute atomic E-state index is 9.89. The van der Waals surface area contributed by atoms with Crippen LogP contribution in [0.3, 0.4) is 0 Å². The topological polar surface area (TPSA) is 29.5 Å². The van der Waals surface area contributed by atoms with Crippen molar-refractivity contribution >= 4 is 15.7 Å². The summed E-state index contributed by atoms with van der Waals surface area (Å²) in [6.45, 7) is 0. The molecule has 0 aromatic heterocycles. The fourth-order valence-electron chi connectivity index (χ4n) is 2.14. The van der Waals surface area contributed by atoms with E-state index in [1.54, 1.807) is 0 Å². The first-order valence-corrected chi connectivity index (χ1v) is 4.01. The van der Waals surface area contributed by atoms with Gasteiger partial charge in [-0.15, -0.1) is 0 Å². The third-order valence-electron chi connectivity index (χ3n) is 2.71. The van der Waals surface area contributed by atoms with Gasteiger partial charge in [0.1, 0.15) is 7.85 Å². The van der Waals surface area contributed by atoms with E-state index in [9.17, 15) is 5.11 Å². The summed E-state index contributed by atoms with van der Waals surface area (Å²) in [4.78, 5) is 0. The van der Waals surface area contributed by atoms with E-state index in [0.29, 0.717) is 6.42 Å². The van der Waals surface area contributed by atoms with Crippen LogP contribution < -0.4 is 0 Å². The van der Waals surface area contributed by atoms with Gasteiger partial charge in [0, 0.05) is 6.00 Å². The number of hydrogen-bond donors (Lipinski definition) is 1. The first-order valence-electron chi connectivity index (χ1n) is 4.01. The van der Waals surface area contributed by atoms with Gasteiger partial charge in [0.15, 0.2) is 0 Å². The normalized spacial score (nSPS) is 56.3. The van der Waals surface area contributed by atoms with E-state index < -0.39 is 5.60 Å². The predicted octanol–water partition coefficient (Wildman–Crippen LogP) is -0.248. The third-order valence-corrected chi connectivity index (χ3v) is 2.71. The summed E-state index contributed by atoms with van der Waals surface area (Å²) in [7, 11) is 11.3. The molecule has 1 saturated heterocycles. The van der Waals surface area contributed by atoms with Crippen molar-refractivity contribution in [2.45, 2.75) is 42.8 Å². The second-order valence-corrected chi connectivity index (χ2v) is 3.61. The van der Waals surface area contributed by atoms with E-state index in [0.717, 1.165) is 12.8 Å². The molecule has 2 fully saturated rings. The molecule has 2 aliphatic rings. The minimum absolute atomic E-state index is 0.0338. The highest BCUT2D eigenvalue weighted by atomic mass is 16.5. The van der Waals surface area contributed by atoms with Crippen LogP contribution in [0.15, 0.2) is 0 Å². The fourth-order valence-corrected chi connectivity index (χ4v) is 2.14. The van der Waals surface area contributed by atoms with E-state index in [2.05, 4.69) is 0 Å². The fraction of sp³-hybridized carbons (Fsp3) is 1.00. The Kier molecular flexibility index (Phi) is 1.58. The van der Waals surface area contributed by atoms with Crippen LogP contribution in [0.2, 0.25) is 5.82 Å². The Bertz CT molecular complexity index is 176. The molecule has 56 valence electrons. The highest BCUT2D eigenvalue weighted by Gasteiger charge is 2.51. The molecule has 0 amide bonds. The van der Waals surface area contributed by atoms with Crippen molar-refractivity contribution < 1.29 is 9.84 Å². The summed E-state index contributed by atoms with van der Waals surface area (Å²) >= 11 is 0. The molecule has 0 bridgehead atoms. The lowest BCUT2D eigenvalue weighted by atomic mass is 9.82. The van der Waals surface area contributed by atoms with Gasteiger partial charge in [0.2, 0.25) is 0 Å². The molecule has 2 nitrogen and oxygen atoms in total. The zero-order chi connectivity index (χ0) is 8.06. The molecule has 1 saturated carbocycles. The Balaban J connectivity index is 2.18. The second-order valence-electron chi connectivity index (χ2n) is 3.61. The van der Waals surface area contributed by atoms with E-state index in [1.165, 1.54) is 0 Å². The third kappa shape index (κ3) is 1.04. The van der Waals surface area contributed by atoms with Crippen molar-refractivity contribution in [3.05, 3.63) is 0 Å². The van der Waals surface area contributed by atoms with Crippen LogP contribution in [0.25, 0.3) is 0 Å². The zero-order valence-corrected chi connectivity index (χ0v) is 6.36. The molecule has 1 aliphatic carbocycles. The molecule has 4 heteroatoms. The molecule has 0 aromatic rings. The number of ether oxygens (including phenoxy) is 1. The molecular weight excluding hydrogens is 138 g/mol. The Morgan fingerprint density at radius 3 is 2.82 bits per heavy atom. The van der Waals surface area contributed by atoms with Crippen LogP contribution in [0, 0.1) is 0 Å². The maximum atomic E-state index is 9.89. The lowest BCUT2D eigenvalue weighted by Gasteiger charge is -2.22. The molecule has 11 heavy (non-hydrogen) atoms. The average Bonchev–Trinajstić information content (AvgIpc) is 2.32. The molecule has 0 aromatic carbocycles. The number of hydrogen-bond acceptors (Lipinski definition) is 2. The monoisotopic (exact) mass is 148 g/mol. The molecule has 2 rings (SSSR count). The summed E-state index contributed by atoms with van der Waals surface area (Å²) < 4.78 is 5.30. The predicted molar refractivity (Wildman–Crippen MR) is 42.7 cm³/mol. The Morgan fingerprint density at radius 1 is 1.45 bits per heavy atom. The van der Waals surface area contributed by atoms with Gasteiger partial charge < -0.3 is 9.84 Å². The van der Waals surface area contributed by atoms with Gasteiger partial charge in [-0.05, 0) is 18.7 Å². The molecule has 0 spiro atoms. The molecule has 1 N–H and O–H groups in total. The van der Waals surface area contributed by atoms with Crippen molar-refractivity contribution in [1.29, 1.82) is 0 Å². The smallest absolute Gasteiger partial charge is 0.109 e. The number of fused-ring (bicyclic) bond motifs is 1. The van der Waals surface area contributed by atoms with Crippen molar-refractivity contribution in [1.82, 2.24) is 0 Å². The number of aliphatic hydroxyl groups is 1. The summed E-state index contributed by atoms with van der Waals surface area (Å²) in [6, 6.07) is -0.323. The van der Waals surface area contributed by atoms with Gasteiger partial charge in [-0.3, -0.25) is 0 Å². The van der Waals surface area contributed by atoms with Crippen molar-refractivity contribution in [2.24, 2.45) is 0 Å². The Hall–Kier alpha value is 0.0499. The largest absolute Gasteiger partial charge is 0.387 e. The van der Waals surface area contributed by atoms with E-state index in [-0.39, 0.29) is 17.9 Å². The van der Waals surface area contributed by atoms with Gasteiger partial charge >= 0.3 is 0 Å². The van der Waals surface area contributed by atoms with Crippen LogP contribution in [0.1, 0.15) is 19.3 Å². The first kappa shape index (κ1) is 7.69. The molecule has 4 radical (unpaired) electrons. The maximum Gasteiger partial charge on any atom is 0.109 e. The van der Waals surface area contributed by atoms with Gasteiger partial charge in [-0.2, -0.15) is 0 Å². The lowest BCUT2D eigenvalue weighted by molar-refractivity contribution is -0.0168. The average molecular weight is 148 g/mol. The van der Waals surface area contributed by atoms with Crippen molar-refractivity contribution in [3.63, 3.8) is 0 Å². The van der Waals surface area contributed by atoms with Crippen LogP contribution in [-0.4, -0.2) is 38.5 Å². The van der Waals surface area contributed by atoms with Crippen LogP contribution in [-0.2, 0) is 4.74 Å². The van der Waals surface area contributed by atoms with Crippen molar-refractivity contribution in [3.8, 4) is 0 Å². The van der Waals surface area contributed by atoms with Gasteiger partial charge in [0.25, 0.3) is 0 Å². The van der Waals surface area contributed by atoms with Gasteiger partial charge in [-0.25, -0.2) is 0 Å². The molecule has 1 aliphatic heterocycles. The van der Waals surface area contributed by atoms with E-state index in [1.807, 2.05) is 0 Å². The highest BCUT2D eigenvalue weighted by molar-refractivity contribution is 6.13. The zero-order valence-electron chi connectivity index (χ0n) is 6.36. The first-order chi connectivity index (χ1) is 5.12. The molecule has 4 atom stereocenters. The van der Waals surface area contributed by atoms with Crippen molar-refractivity contribution in [2.75, 3.05) is 0 Å². The molecule has 1 heterocycles. The standard InChI is InChI=1S/C7H10B2O2/c8-4-1-2-7(10)3-5(9)11-6(4)7/h4-6,10H,1-3H2/t4-,5+,6+,7-/m0/s1. The summed E-state index contributed by atoms with van der Waals surface area (Å²) in [5, 5.41) is 9.89. The number of rotatable bonds is 0. The highest BCUT2D eigenvalue weighted by Crippen LogP contribution is 2.46. The lowest BCUT2D eigenvalue weighted by Crippen LogP contribution is -2.33. The van der Waals surface area contributed by atoms with Gasteiger partial charge in [-0.1, -0.05) is 6.42 Å². The Morgan fingerprint density at radius 2 is 2.18 bits per heavy atom. The summed E-state index contributed by atoms with van der Waals surface area (Å²) in [5.41, 5.74) is -0.723. The quantitative estimate of drug-likeness (QED) is 0.480. The summed E-state index contributed by atoms with van der Waals surface area (Å²) in [5.74, 6) is -0.0338. The summed E-state index contributed by atoms with van der Waals surface area (Å²) in [6.07, 6.45) is 1.88. The van der Waals surface area contributed by atoms with Crippen LogP contribution >= 0.6 is 0 Å². The van der Waals surface area contributed by atoms with E-state index >= 15 is 0 Å². The SMILES string of the molecule is [B][C@H]1C[C@@]2(O)CC[C@H]([B])[C@H]2O1. The molecular formula is C7H10B2O2. The minimum Gasteiger partial charge on any atom is -0.387 e. The van der Waals surface area contributed by atoms with E-state index in [4.69, 9.17) is 20.4 Å². The molecule has 0 unspecified atom stereocenters. The van der Waals surface area contributed by atoms with Crippen LogP contribution in [0.4, 0.5) is 0 Å². The van der Waals surface area contributed by atoms with Crippen LogP contribution in [0.5, 0.6) is 0 Å². The minimum atomic E-state index is -0.723. The Labute approximate surface area is 69.1 Å².